The normalized spacial score (nSPS) is 10.1. The number of aromatic nitrogens is 2. The lowest BCUT2D eigenvalue weighted by atomic mass is 10.2. The molecule has 2 rings (SSSR count). The number of rotatable bonds is 3. The van der Waals surface area contributed by atoms with Crippen molar-refractivity contribution in [2.45, 2.75) is 6.54 Å². The number of nitrogens with zero attached hydrogens (tertiary/aromatic N) is 2. The first-order valence-corrected chi connectivity index (χ1v) is 5.08. The van der Waals surface area contributed by atoms with Crippen LogP contribution in [-0.2, 0) is 13.6 Å². The minimum Gasteiger partial charge on any atom is -0.365 e. The van der Waals surface area contributed by atoms with Crippen LogP contribution in [0.15, 0.2) is 47.3 Å². The number of anilines is 1. The molecule has 82 valence electrons. The van der Waals surface area contributed by atoms with Gasteiger partial charge in [-0.1, -0.05) is 30.3 Å². The highest BCUT2D eigenvalue weighted by molar-refractivity contribution is 5.33. The molecule has 0 bridgehead atoms. The predicted molar refractivity (Wildman–Crippen MR) is 63.2 cm³/mol. The molecule has 1 N–H and O–H groups in total. The van der Waals surface area contributed by atoms with Gasteiger partial charge in [0.25, 0.3) is 5.56 Å². The van der Waals surface area contributed by atoms with Gasteiger partial charge in [-0.2, -0.15) is 5.10 Å². The first kappa shape index (κ1) is 10.4. The highest BCUT2D eigenvalue weighted by Crippen LogP contribution is 2.03. The molecule has 16 heavy (non-hydrogen) atoms. The summed E-state index contributed by atoms with van der Waals surface area (Å²) in [6.45, 7) is 0.700. The molecule has 1 aromatic carbocycles. The Morgan fingerprint density at radius 2 is 1.94 bits per heavy atom. The summed E-state index contributed by atoms with van der Waals surface area (Å²) in [6, 6.07) is 13.2. The van der Waals surface area contributed by atoms with E-state index in [1.165, 1.54) is 16.3 Å². The molecule has 0 atom stereocenters. The molecular weight excluding hydrogens is 202 g/mol. The molecule has 0 spiro atoms. The standard InChI is InChI=1S/C12H13N3O/c1-15-12(16)8-7-11(14-15)13-9-10-5-3-2-4-6-10/h2-8H,9H2,1H3,(H,13,14). The zero-order valence-corrected chi connectivity index (χ0v) is 9.05. The summed E-state index contributed by atoms with van der Waals surface area (Å²) in [6.07, 6.45) is 0. The monoisotopic (exact) mass is 215 g/mol. The molecule has 0 aliphatic heterocycles. The van der Waals surface area contributed by atoms with Gasteiger partial charge in [0, 0.05) is 19.7 Å². The highest BCUT2D eigenvalue weighted by Gasteiger charge is 1.96. The Morgan fingerprint density at radius 3 is 2.62 bits per heavy atom. The molecule has 4 heteroatoms. The average molecular weight is 215 g/mol. The number of nitrogens with one attached hydrogen (secondary N) is 1. The zero-order valence-electron chi connectivity index (χ0n) is 9.05. The van der Waals surface area contributed by atoms with Crippen molar-refractivity contribution < 1.29 is 0 Å². The third kappa shape index (κ3) is 2.48. The van der Waals surface area contributed by atoms with Crippen LogP contribution in [0.1, 0.15) is 5.56 Å². The van der Waals surface area contributed by atoms with E-state index in [-0.39, 0.29) is 5.56 Å². The second kappa shape index (κ2) is 4.61. The molecule has 0 aliphatic carbocycles. The van der Waals surface area contributed by atoms with Gasteiger partial charge in [-0.25, -0.2) is 4.68 Å². The van der Waals surface area contributed by atoms with E-state index < -0.39 is 0 Å². The van der Waals surface area contributed by atoms with Crippen LogP contribution in [0.5, 0.6) is 0 Å². The van der Waals surface area contributed by atoms with Crippen molar-refractivity contribution in [2.75, 3.05) is 5.32 Å². The Bertz CT molecular complexity index is 519. The Balaban J connectivity index is 2.05. The van der Waals surface area contributed by atoms with Crippen LogP contribution in [-0.4, -0.2) is 9.78 Å². The summed E-state index contributed by atoms with van der Waals surface area (Å²) in [7, 11) is 1.63. The van der Waals surface area contributed by atoms with Gasteiger partial charge in [-0.05, 0) is 11.6 Å². The third-order valence-corrected chi connectivity index (χ3v) is 2.28. The quantitative estimate of drug-likeness (QED) is 0.841. The maximum Gasteiger partial charge on any atom is 0.266 e. The molecule has 4 nitrogen and oxygen atoms in total. The number of hydrogen-bond acceptors (Lipinski definition) is 3. The van der Waals surface area contributed by atoms with Crippen LogP contribution < -0.4 is 10.9 Å². The minimum absolute atomic E-state index is 0.106. The first-order valence-electron chi connectivity index (χ1n) is 5.08. The SMILES string of the molecule is Cn1nc(NCc2ccccc2)ccc1=O. The predicted octanol–water partition coefficient (Wildman–Crippen LogP) is 1.39. The summed E-state index contributed by atoms with van der Waals surface area (Å²) in [5.41, 5.74) is 1.07. The molecule has 2 aromatic rings. The van der Waals surface area contributed by atoms with Gasteiger partial charge in [0.2, 0.25) is 0 Å². The van der Waals surface area contributed by atoms with Gasteiger partial charge in [0.15, 0.2) is 0 Å². The van der Waals surface area contributed by atoms with Crippen molar-refractivity contribution in [1.29, 1.82) is 0 Å². The van der Waals surface area contributed by atoms with E-state index in [0.717, 1.165) is 0 Å². The molecule has 0 saturated carbocycles. The molecule has 0 unspecified atom stereocenters. The van der Waals surface area contributed by atoms with E-state index in [4.69, 9.17) is 0 Å². The second-order valence-electron chi connectivity index (χ2n) is 3.52. The number of hydrogen-bond donors (Lipinski definition) is 1. The van der Waals surface area contributed by atoms with Crippen molar-refractivity contribution >= 4 is 5.82 Å². The summed E-state index contributed by atoms with van der Waals surface area (Å²) < 4.78 is 1.31. The maximum absolute atomic E-state index is 11.1. The summed E-state index contributed by atoms with van der Waals surface area (Å²) >= 11 is 0. The van der Waals surface area contributed by atoms with Crippen molar-refractivity contribution in [3.63, 3.8) is 0 Å². The molecule has 0 fully saturated rings. The van der Waals surface area contributed by atoms with Crippen LogP contribution in [0.4, 0.5) is 5.82 Å². The second-order valence-corrected chi connectivity index (χ2v) is 3.52. The summed E-state index contributed by atoms with van der Waals surface area (Å²) in [5.74, 6) is 0.700. The topological polar surface area (TPSA) is 46.9 Å². The maximum atomic E-state index is 11.1. The van der Waals surface area contributed by atoms with E-state index in [9.17, 15) is 4.79 Å². The fourth-order valence-electron chi connectivity index (χ4n) is 1.39. The van der Waals surface area contributed by atoms with Crippen LogP contribution in [0.3, 0.4) is 0 Å². The van der Waals surface area contributed by atoms with Gasteiger partial charge in [-0.3, -0.25) is 4.79 Å². The fraction of sp³-hybridized carbons (Fsp3) is 0.167. The fourth-order valence-corrected chi connectivity index (χ4v) is 1.39. The van der Waals surface area contributed by atoms with Crippen molar-refractivity contribution in [3.05, 3.63) is 58.4 Å². The largest absolute Gasteiger partial charge is 0.365 e. The van der Waals surface area contributed by atoms with Gasteiger partial charge >= 0.3 is 0 Å². The van der Waals surface area contributed by atoms with E-state index in [0.29, 0.717) is 12.4 Å². The minimum atomic E-state index is -0.106. The highest BCUT2D eigenvalue weighted by atomic mass is 16.1. The van der Waals surface area contributed by atoms with Crippen LogP contribution in [0.25, 0.3) is 0 Å². The lowest BCUT2D eigenvalue weighted by Crippen LogP contribution is -2.19. The lowest BCUT2D eigenvalue weighted by Gasteiger charge is -2.06. The third-order valence-electron chi connectivity index (χ3n) is 2.28. The van der Waals surface area contributed by atoms with Crippen LogP contribution in [0, 0.1) is 0 Å². The molecule has 1 aromatic heterocycles. The van der Waals surface area contributed by atoms with Crippen molar-refractivity contribution in [1.82, 2.24) is 9.78 Å². The molecule has 0 radical (unpaired) electrons. The zero-order chi connectivity index (χ0) is 11.4. The van der Waals surface area contributed by atoms with Gasteiger partial charge in [0.05, 0.1) is 0 Å². The summed E-state index contributed by atoms with van der Waals surface area (Å²) in [5, 5.41) is 7.24. The first-order chi connectivity index (χ1) is 7.75. The lowest BCUT2D eigenvalue weighted by molar-refractivity contribution is 0.709. The van der Waals surface area contributed by atoms with Gasteiger partial charge in [-0.15, -0.1) is 0 Å². The van der Waals surface area contributed by atoms with Crippen molar-refractivity contribution in [2.24, 2.45) is 7.05 Å². The molecule has 0 amide bonds. The van der Waals surface area contributed by atoms with E-state index in [1.54, 1.807) is 13.1 Å². The Morgan fingerprint density at radius 1 is 1.19 bits per heavy atom. The Kier molecular flexibility index (Phi) is 3.00. The van der Waals surface area contributed by atoms with E-state index in [1.807, 2.05) is 30.3 Å². The number of benzene rings is 1. The molecule has 1 heterocycles. The Labute approximate surface area is 93.5 Å². The smallest absolute Gasteiger partial charge is 0.266 e. The van der Waals surface area contributed by atoms with Gasteiger partial charge < -0.3 is 5.32 Å². The summed E-state index contributed by atoms with van der Waals surface area (Å²) in [4.78, 5) is 11.1. The Hall–Kier alpha value is -2.10. The molecule has 0 aliphatic rings. The average Bonchev–Trinajstić information content (AvgIpc) is 2.32. The van der Waals surface area contributed by atoms with E-state index >= 15 is 0 Å². The molecule has 0 saturated heterocycles. The van der Waals surface area contributed by atoms with Crippen LogP contribution >= 0.6 is 0 Å². The van der Waals surface area contributed by atoms with Crippen LogP contribution in [0.2, 0.25) is 0 Å². The van der Waals surface area contributed by atoms with Crippen molar-refractivity contribution in [3.8, 4) is 0 Å². The molecular formula is C12H13N3O. The van der Waals surface area contributed by atoms with Gasteiger partial charge in [0.1, 0.15) is 5.82 Å². The number of aryl methyl sites for hydroxylation is 1. The van der Waals surface area contributed by atoms with E-state index in [2.05, 4.69) is 10.4 Å².